The van der Waals surface area contributed by atoms with Crippen LogP contribution in [0.15, 0.2) is 12.2 Å². The van der Waals surface area contributed by atoms with Gasteiger partial charge in [-0.3, -0.25) is 19.3 Å². The zero-order chi connectivity index (χ0) is 12.9. The highest BCUT2D eigenvalue weighted by atomic mass is 16.4. The fourth-order valence-corrected chi connectivity index (χ4v) is 3.40. The second-order valence-corrected chi connectivity index (χ2v) is 5.32. The van der Waals surface area contributed by atoms with Crippen LogP contribution in [0.5, 0.6) is 0 Å². The molecule has 3 rings (SSSR count). The van der Waals surface area contributed by atoms with Crippen LogP contribution in [0.3, 0.4) is 0 Å². The van der Waals surface area contributed by atoms with E-state index in [-0.39, 0.29) is 29.7 Å². The van der Waals surface area contributed by atoms with Crippen molar-refractivity contribution in [1.82, 2.24) is 4.90 Å². The van der Waals surface area contributed by atoms with Gasteiger partial charge in [0.2, 0.25) is 11.8 Å². The quantitative estimate of drug-likeness (QED) is 0.580. The van der Waals surface area contributed by atoms with E-state index in [0.717, 1.165) is 19.3 Å². The van der Waals surface area contributed by atoms with Crippen molar-refractivity contribution >= 4 is 17.8 Å². The van der Waals surface area contributed by atoms with Crippen molar-refractivity contribution in [1.29, 1.82) is 0 Å². The lowest BCUT2D eigenvalue weighted by Gasteiger charge is -2.22. The molecule has 4 atom stereocenters. The number of carboxylic acid groups (broad SMARTS) is 1. The van der Waals surface area contributed by atoms with E-state index in [1.54, 1.807) is 12.2 Å². The van der Waals surface area contributed by atoms with Gasteiger partial charge in [-0.2, -0.15) is 0 Å². The molecule has 5 nitrogen and oxygen atoms in total. The first kappa shape index (κ1) is 11.4. The highest BCUT2D eigenvalue weighted by Crippen LogP contribution is 2.42. The zero-order valence-electron chi connectivity index (χ0n) is 9.91. The van der Waals surface area contributed by atoms with E-state index in [2.05, 4.69) is 0 Å². The Morgan fingerprint density at radius 3 is 2.28 bits per heavy atom. The third-order valence-corrected chi connectivity index (χ3v) is 4.34. The Labute approximate surface area is 104 Å². The molecule has 1 N–H and O–H groups in total. The van der Waals surface area contributed by atoms with Gasteiger partial charge in [-0.25, -0.2) is 0 Å². The Kier molecular flexibility index (Phi) is 2.50. The van der Waals surface area contributed by atoms with Crippen molar-refractivity contribution in [2.24, 2.45) is 17.8 Å². The fourth-order valence-electron chi connectivity index (χ4n) is 3.40. The predicted octanol–water partition coefficient (Wildman–Crippen LogP) is 0.801. The number of carbonyl (C=O) groups excluding carboxylic acids is 2. The number of aliphatic carboxylic acids is 1. The zero-order valence-corrected chi connectivity index (χ0v) is 9.91. The molecule has 0 aromatic heterocycles. The summed E-state index contributed by atoms with van der Waals surface area (Å²) in [5, 5.41) is 8.93. The molecule has 1 saturated carbocycles. The van der Waals surface area contributed by atoms with Crippen LogP contribution in [0.4, 0.5) is 0 Å². The Balaban J connectivity index is 1.78. The molecule has 4 unspecified atom stereocenters. The van der Waals surface area contributed by atoms with Crippen molar-refractivity contribution in [3.05, 3.63) is 12.2 Å². The normalized spacial score (nSPS) is 38.6. The van der Waals surface area contributed by atoms with E-state index in [1.807, 2.05) is 0 Å². The number of hydrogen-bond acceptors (Lipinski definition) is 3. The Morgan fingerprint density at radius 1 is 1.17 bits per heavy atom. The average molecular weight is 249 g/mol. The van der Waals surface area contributed by atoms with Gasteiger partial charge in [0.05, 0.1) is 23.8 Å². The number of hydrogen-bond donors (Lipinski definition) is 1. The van der Waals surface area contributed by atoms with E-state index in [4.69, 9.17) is 5.11 Å². The molecule has 2 fully saturated rings. The van der Waals surface area contributed by atoms with Crippen molar-refractivity contribution in [3.8, 4) is 0 Å². The molecule has 3 aliphatic rings. The van der Waals surface area contributed by atoms with Crippen LogP contribution < -0.4 is 0 Å². The average Bonchev–Trinajstić information content (AvgIpc) is 3.00. The van der Waals surface area contributed by atoms with E-state index in [0.29, 0.717) is 6.42 Å². The van der Waals surface area contributed by atoms with Crippen LogP contribution in [0.25, 0.3) is 0 Å². The Hall–Kier alpha value is -1.65. The maximum atomic E-state index is 12.2. The first-order chi connectivity index (χ1) is 8.59. The van der Waals surface area contributed by atoms with E-state index < -0.39 is 11.9 Å². The second kappa shape index (κ2) is 3.93. The van der Waals surface area contributed by atoms with Gasteiger partial charge in [-0.15, -0.1) is 0 Å². The summed E-state index contributed by atoms with van der Waals surface area (Å²) in [6.07, 6.45) is 6.14. The van der Waals surface area contributed by atoms with Gasteiger partial charge in [0, 0.05) is 0 Å². The summed E-state index contributed by atoms with van der Waals surface area (Å²) in [5.41, 5.74) is 0. The Morgan fingerprint density at radius 2 is 1.78 bits per heavy atom. The largest absolute Gasteiger partial charge is 0.481 e. The summed E-state index contributed by atoms with van der Waals surface area (Å²) in [6.45, 7) is 0. The molecular formula is C13H15NO4. The summed E-state index contributed by atoms with van der Waals surface area (Å²) in [4.78, 5) is 36.6. The van der Waals surface area contributed by atoms with Gasteiger partial charge in [-0.1, -0.05) is 18.6 Å². The third-order valence-electron chi connectivity index (χ3n) is 4.34. The minimum absolute atomic E-state index is 0.0943. The predicted molar refractivity (Wildman–Crippen MR) is 61.4 cm³/mol. The van der Waals surface area contributed by atoms with Crippen LogP contribution in [0.2, 0.25) is 0 Å². The lowest BCUT2D eigenvalue weighted by molar-refractivity contribution is -0.145. The number of amides is 2. The molecule has 0 aromatic carbocycles. The van der Waals surface area contributed by atoms with Crippen molar-refractivity contribution < 1.29 is 19.5 Å². The monoisotopic (exact) mass is 249 g/mol. The van der Waals surface area contributed by atoms with Gasteiger partial charge in [-0.05, 0) is 19.3 Å². The highest BCUT2D eigenvalue weighted by molar-refractivity contribution is 6.06. The lowest BCUT2D eigenvalue weighted by atomic mass is 10.00. The van der Waals surface area contributed by atoms with Gasteiger partial charge in [0.25, 0.3) is 0 Å². The van der Waals surface area contributed by atoms with E-state index >= 15 is 0 Å². The molecule has 1 saturated heterocycles. The summed E-state index contributed by atoms with van der Waals surface area (Å²) in [7, 11) is 0. The Bertz CT molecular complexity index is 434. The maximum absolute atomic E-state index is 12.2. The van der Waals surface area contributed by atoms with Crippen molar-refractivity contribution in [2.75, 3.05) is 0 Å². The second-order valence-electron chi connectivity index (χ2n) is 5.32. The molecule has 2 amide bonds. The third kappa shape index (κ3) is 1.50. The van der Waals surface area contributed by atoms with Crippen LogP contribution in [-0.4, -0.2) is 33.8 Å². The minimum Gasteiger partial charge on any atom is -0.481 e. The SMILES string of the molecule is O=C(O)C1C=CC(N2C(=O)C3CCCC3C2=O)C1. The van der Waals surface area contributed by atoms with Crippen LogP contribution in [0.1, 0.15) is 25.7 Å². The number of likely N-dealkylation sites (tertiary alicyclic amines) is 1. The van der Waals surface area contributed by atoms with Gasteiger partial charge >= 0.3 is 5.97 Å². The van der Waals surface area contributed by atoms with Gasteiger partial charge in [0.1, 0.15) is 0 Å². The molecule has 0 bridgehead atoms. The highest BCUT2D eigenvalue weighted by Gasteiger charge is 2.52. The number of imide groups is 1. The molecule has 0 aromatic rings. The maximum Gasteiger partial charge on any atom is 0.310 e. The summed E-state index contributed by atoms with van der Waals surface area (Å²) < 4.78 is 0. The summed E-state index contributed by atoms with van der Waals surface area (Å²) in [5.74, 6) is -1.94. The topological polar surface area (TPSA) is 74.7 Å². The molecule has 2 aliphatic carbocycles. The molecule has 0 spiro atoms. The number of carboxylic acids is 1. The molecule has 1 aliphatic heterocycles. The molecule has 96 valence electrons. The van der Waals surface area contributed by atoms with E-state index in [1.165, 1.54) is 4.90 Å². The number of carbonyl (C=O) groups is 3. The number of fused-ring (bicyclic) bond motifs is 1. The molecule has 18 heavy (non-hydrogen) atoms. The molecule has 0 radical (unpaired) electrons. The first-order valence-corrected chi connectivity index (χ1v) is 6.37. The van der Waals surface area contributed by atoms with Crippen molar-refractivity contribution in [2.45, 2.75) is 31.7 Å². The van der Waals surface area contributed by atoms with Crippen LogP contribution in [-0.2, 0) is 14.4 Å². The summed E-state index contributed by atoms with van der Waals surface area (Å²) >= 11 is 0. The first-order valence-electron chi connectivity index (χ1n) is 6.37. The van der Waals surface area contributed by atoms with Crippen LogP contribution >= 0.6 is 0 Å². The minimum atomic E-state index is -0.895. The molecule has 5 heteroatoms. The van der Waals surface area contributed by atoms with E-state index in [9.17, 15) is 14.4 Å². The smallest absolute Gasteiger partial charge is 0.310 e. The lowest BCUT2D eigenvalue weighted by Crippen LogP contribution is -2.39. The van der Waals surface area contributed by atoms with Crippen LogP contribution in [0, 0.1) is 17.8 Å². The number of rotatable bonds is 2. The molecular weight excluding hydrogens is 234 g/mol. The van der Waals surface area contributed by atoms with Gasteiger partial charge in [0.15, 0.2) is 0 Å². The number of nitrogens with zero attached hydrogens (tertiary/aromatic N) is 1. The standard InChI is InChI=1S/C13H15NO4/c15-11-9-2-1-3-10(9)12(16)14(11)8-5-4-7(6-8)13(17)18/h4-5,7-10H,1-3,6H2,(H,17,18). The van der Waals surface area contributed by atoms with Gasteiger partial charge < -0.3 is 5.11 Å². The summed E-state index contributed by atoms with van der Waals surface area (Å²) in [6, 6.07) is -0.350. The molecule has 1 heterocycles. The fraction of sp³-hybridized carbons (Fsp3) is 0.615. The van der Waals surface area contributed by atoms with Crippen molar-refractivity contribution in [3.63, 3.8) is 0 Å².